The molecule has 11 heteroatoms. The van der Waals surface area contributed by atoms with Crippen molar-refractivity contribution in [3.8, 4) is 0 Å². The van der Waals surface area contributed by atoms with Gasteiger partial charge in [-0.1, -0.05) is 0 Å². The second-order valence-corrected chi connectivity index (χ2v) is 5.88. The summed E-state index contributed by atoms with van der Waals surface area (Å²) in [4.78, 5) is 0. The Morgan fingerprint density at radius 1 is 0.667 bits per heavy atom. The van der Waals surface area contributed by atoms with E-state index in [0.717, 1.165) is 0 Å². The molecule has 2 heterocycles. The lowest BCUT2D eigenvalue weighted by Crippen LogP contribution is -2.63. The van der Waals surface area contributed by atoms with E-state index >= 15 is 0 Å². The van der Waals surface area contributed by atoms with Crippen molar-refractivity contribution in [2.75, 3.05) is 19.8 Å². The molecule has 6 unspecified atom stereocenters. The van der Waals surface area contributed by atoms with Crippen LogP contribution < -0.4 is 0 Å². The van der Waals surface area contributed by atoms with Crippen molar-refractivity contribution in [3.05, 3.63) is 0 Å². The average Bonchev–Trinajstić information content (AvgIpc) is 2.58. The fraction of sp³-hybridized carbons (Fsp3) is 1.00. The second-order valence-electron chi connectivity index (χ2n) is 5.88. The fourth-order valence-corrected chi connectivity index (χ4v) is 2.89. The minimum absolute atomic E-state index is 0.546. The highest BCUT2D eigenvalue weighted by atomic mass is 16.7. The number of hydrogen-bond donors (Lipinski definition) is 8. The number of rotatable bonds is 5. The van der Waals surface area contributed by atoms with Gasteiger partial charge in [-0.2, -0.15) is 0 Å². The van der Waals surface area contributed by atoms with Gasteiger partial charge in [0.05, 0.1) is 32.0 Å². The monoisotopic (exact) mass is 356 g/mol. The van der Waals surface area contributed by atoms with E-state index in [-0.39, 0.29) is 0 Å². The predicted octanol–water partition coefficient (Wildman–Crippen LogP) is -5.15. The normalized spacial score (nSPS) is 50.0. The van der Waals surface area contributed by atoms with Crippen LogP contribution in [0.1, 0.15) is 0 Å². The van der Waals surface area contributed by atoms with Gasteiger partial charge in [0, 0.05) is 5.92 Å². The van der Waals surface area contributed by atoms with Crippen molar-refractivity contribution >= 4 is 0 Å². The Morgan fingerprint density at radius 3 is 1.83 bits per heavy atom. The summed E-state index contributed by atoms with van der Waals surface area (Å²) >= 11 is 0. The first kappa shape index (κ1) is 19.9. The molecule has 0 radical (unpaired) electrons. The second kappa shape index (κ2) is 8.29. The molecule has 8 N–H and O–H groups in total. The highest BCUT2D eigenvalue weighted by Gasteiger charge is 2.50. The number of ether oxygens (including phenoxy) is 3. The van der Waals surface area contributed by atoms with Gasteiger partial charge in [-0.25, -0.2) is 0 Å². The lowest BCUT2D eigenvalue weighted by atomic mass is 9.89. The lowest BCUT2D eigenvalue weighted by Gasteiger charge is -2.46. The molecule has 2 aliphatic heterocycles. The average molecular weight is 356 g/mol. The van der Waals surface area contributed by atoms with E-state index in [1.165, 1.54) is 0 Å². The first-order valence-electron chi connectivity index (χ1n) is 7.55. The van der Waals surface area contributed by atoms with Crippen LogP contribution in [0, 0.1) is 5.92 Å². The maximum absolute atomic E-state index is 10.1. The molecule has 0 aromatic heterocycles. The van der Waals surface area contributed by atoms with Crippen molar-refractivity contribution in [1.29, 1.82) is 0 Å². The highest BCUT2D eigenvalue weighted by molar-refractivity contribution is 4.93. The first-order valence-corrected chi connectivity index (χ1v) is 7.55. The third-order valence-electron chi connectivity index (χ3n) is 4.38. The molecule has 0 aliphatic carbocycles. The molecule has 2 rings (SSSR count). The van der Waals surface area contributed by atoms with Crippen LogP contribution in [0.2, 0.25) is 0 Å². The summed E-state index contributed by atoms with van der Waals surface area (Å²) in [6, 6.07) is 0. The number of aliphatic hydroxyl groups excluding tert-OH is 8. The van der Waals surface area contributed by atoms with Crippen LogP contribution in [0.15, 0.2) is 0 Å². The standard InChI is InChI=1S/C13H24O11/c14-1-4-5(2-15)23-13(10(20)7(4)17)24-11-6(3-16)22-12(21)9(19)8(11)18/h4-21H,1-3H2/t4-,5?,6?,7?,8?,9?,10?,11-,12+,13-/m0/s1. The van der Waals surface area contributed by atoms with E-state index in [9.17, 15) is 40.9 Å². The summed E-state index contributed by atoms with van der Waals surface area (Å²) in [7, 11) is 0. The zero-order chi connectivity index (χ0) is 18.0. The molecule has 2 saturated heterocycles. The summed E-state index contributed by atoms with van der Waals surface area (Å²) in [5, 5.41) is 76.9. The maximum atomic E-state index is 10.1. The molecule has 0 bridgehead atoms. The van der Waals surface area contributed by atoms with Crippen LogP contribution in [0.3, 0.4) is 0 Å². The molecule has 0 amide bonds. The smallest absolute Gasteiger partial charge is 0.187 e. The molecule has 0 aromatic rings. The van der Waals surface area contributed by atoms with Gasteiger partial charge in [0.1, 0.15) is 30.5 Å². The highest BCUT2D eigenvalue weighted by Crippen LogP contribution is 2.30. The Kier molecular flexibility index (Phi) is 6.87. The summed E-state index contributed by atoms with van der Waals surface area (Å²) in [6.45, 7) is -1.78. The van der Waals surface area contributed by atoms with Crippen molar-refractivity contribution in [3.63, 3.8) is 0 Å². The molecule has 2 fully saturated rings. The van der Waals surface area contributed by atoms with E-state index in [1.54, 1.807) is 0 Å². The van der Waals surface area contributed by atoms with Gasteiger partial charge in [-0.15, -0.1) is 0 Å². The summed E-state index contributed by atoms with van der Waals surface area (Å²) < 4.78 is 15.5. The Hall–Kier alpha value is -0.440. The largest absolute Gasteiger partial charge is 0.396 e. The van der Waals surface area contributed by atoms with Crippen LogP contribution in [0.5, 0.6) is 0 Å². The minimum atomic E-state index is -1.73. The molecule has 0 spiro atoms. The van der Waals surface area contributed by atoms with Crippen molar-refractivity contribution in [2.45, 2.75) is 55.3 Å². The zero-order valence-electron chi connectivity index (χ0n) is 12.7. The Bertz CT molecular complexity index is 392. The summed E-state index contributed by atoms with van der Waals surface area (Å²) in [5.74, 6) is -0.946. The summed E-state index contributed by atoms with van der Waals surface area (Å²) in [6.07, 6.45) is -13.4. The number of hydrogen-bond acceptors (Lipinski definition) is 11. The third kappa shape index (κ3) is 3.71. The molecule has 24 heavy (non-hydrogen) atoms. The van der Waals surface area contributed by atoms with Crippen LogP contribution in [0.4, 0.5) is 0 Å². The minimum Gasteiger partial charge on any atom is -0.396 e. The van der Waals surface area contributed by atoms with Gasteiger partial charge in [-0.05, 0) is 0 Å². The fourth-order valence-electron chi connectivity index (χ4n) is 2.89. The van der Waals surface area contributed by atoms with Crippen molar-refractivity contribution in [1.82, 2.24) is 0 Å². The molecule has 0 aromatic carbocycles. The molecule has 142 valence electrons. The van der Waals surface area contributed by atoms with Gasteiger partial charge in [0.15, 0.2) is 12.6 Å². The Morgan fingerprint density at radius 2 is 1.29 bits per heavy atom. The van der Waals surface area contributed by atoms with Crippen LogP contribution >= 0.6 is 0 Å². The van der Waals surface area contributed by atoms with Gasteiger partial charge in [-0.3, -0.25) is 0 Å². The zero-order valence-corrected chi connectivity index (χ0v) is 12.7. The van der Waals surface area contributed by atoms with E-state index < -0.39 is 81.0 Å². The van der Waals surface area contributed by atoms with Gasteiger partial charge >= 0.3 is 0 Å². The molecule has 11 nitrogen and oxygen atoms in total. The van der Waals surface area contributed by atoms with E-state index in [4.69, 9.17) is 14.2 Å². The third-order valence-corrected chi connectivity index (χ3v) is 4.38. The molecular formula is C13H24O11. The first-order chi connectivity index (χ1) is 11.3. The van der Waals surface area contributed by atoms with Gasteiger partial charge < -0.3 is 55.1 Å². The van der Waals surface area contributed by atoms with Gasteiger partial charge in [0.2, 0.25) is 0 Å². The molecule has 0 saturated carbocycles. The van der Waals surface area contributed by atoms with E-state index in [1.807, 2.05) is 0 Å². The predicted molar refractivity (Wildman–Crippen MR) is 73.2 cm³/mol. The van der Waals surface area contributed by atoms with E-state index in [2.05, 4.69) is 0 Å². The molecule has 2 aliphatic rings. The molecular weight excluding hydrogens is 332 g/mol. The lowest BCUT2D eigenvalue weighted by molar-refractivity contribution is -0.352. The van der Waals surface area contributed by atoms with Gasteiger partial charge in [0.25, 0.3) is 0 Å². The maximum Gasteiger partial charge on any atom is 0.187 e. The van der Waals surface area contributed by atoms with Crippen molar-refractivity contribution < 1.29 is 55.1 Å². The van der Waals surface area contributed by atoms with Crippen LogP contribution in [-0.4, -0.2) is 116 Å². The SMILES string of the molecule is OCC1O[C@@H](O[C@H]2C(CO)O[C@@H](O)C(O)C2O)C(O)C(O)[C@H]1CO. The van der Waals surface area contributed by atoms with Crippen LogP contribution in [-0.2, 0) is 14.2 Å². The Balaban J connectivity index is 2.12. The number of aliphatic hydroxyl groups is 8. The van der Waals surface area contributed by atoms with Crippen LogP contribution in [0.25, 0.3) is 0 Å². The topological polar surface area (TPSA) is 190 Å². The van der Waals surface area contributed by atoms with Crippen molar-refractivity contribution in [2.24, 2.45) is 5.92 Å². The Labute approximate surface area is 137 Å². The summed E-state index contributed by atoms with van der Waals surface area (Å²) in [5.41, 5.74) is 0. The quantitative estimate of drug-likeness (QED) is 0.235. The van der Waals surface area contributed by atoms with E-state index in [0.29, 0.717) is 0 Å². The molecule has 10 atom stereocenters.